The monoisotopic (exact) mass is 382 g/mol. The van der Waals surface area contributed by atoms with Crippen molar-refractivity contribution in [2.75, 3.05) is 33.2 Å². The zero-order valence-electron chi connectivity index (χ0n) is 16.6. The molecule has 8 nitrogen and oxygen atoms in total. The highest BCUT2D eigenvalue weighted by Crippen LogP contribution is 2.23. The third-order valence-electron chi connectivity index (χ3n) is 5.85. The first-order chi connectivity index (χ1) is 12.8. The number of carboxylic acid groups (broad SMARTS) is 1. The van der Waals surface area contributed by atoms with Crippen LogP contribution in [0.2, 0.25) is 0 Å². The van der Waals surface area contributed by atoms with Crippen molar-refractivity contribution in [1.29, 1.82) is 0 Å². The van der Waals surface area contributed by atoms with Gasteiger partial charge in [-0.15, -0.1) is 0 Å². The molecule has 2 rings (SSSR count). The van der Waals surface area contributed by atoms with Gasteiger partial charge in [-0.2, -0.15) is 0 Å². The van der Waals surface area contributed by atoms with Gasteiger partial charge in [-0.05, 0) is 51.6 Å². The van der Waals surface area contributed by atoms with E-state index in [1.165, 1.54) is 6.42 Å². The van der Waals surface area contributed by atoms with Crippen LogP contribution in [0.3, 0.4) is 0 Å². The number of hydrogen-bond donors (Lipinski definition) is 3. The van der Waals surface area contributed by atoms with Crippen molar-refractivity contribution >= 4 is 17.9 Å². The molecule has 1 aliphatic carbocycles. The van der Waals surface area contributed by atoms with E-state index >= 15 is 0 Å². The second-order valence-electron chi connectivity index (χ2n) is 8.06. The Balaban J connectivity index is 1.72. The van der Waals surface area contributed by atoms with E-state index in [4.69, 9.17) is 5.11 Å². The lowest BCUT2D eigenvalue weighted by Crippen LogP contribution is -2.50. The topological polar surface area (TPSA) is 102 Å². The van der Waals surface area contributed by atoms with Crippen LogP contribution >= 0.6 is 0 Å². The quantitative estimate of drug-likeness (QED) is 0.639. The van der Waals surface area contributed by atoms with E-state index in [1.807, 2.05) is 16.8 Å². The number of rotatable bonds is 6. The van der Waals surface area contributed by atoms with Crippen molar-refractivity contribution in [3.8, 4) is 0 Å². The second kappa shape index (κ2) is 10.6. The van der Waals surface area contributed by atoms with Gasteiger partial charge in [0, 0.05) is 18.6 Å². The normalized spacial score (nSPS) is 27.0. The predicted molar refractivity (Wildman–Crippen MR) is 102 cm³/mol. The maximum absolute atomic E-state index is 12.2. The van der Waals surface area contributed by atoms with Crippen molar-refractivity contribution in [1.82, 2.24) is 20.4 Å². The Morgan fingerprint density at radius 2 is 1.81 bits per heavy atom. The number of hydrogen-bond acceptors (Lipinski definition) is 5. The Morgan fingerprint density at radius 3 is 2.52 bits per heavy atom. The standard InChI is InChI=1S/C19H34N4O4/c1-14-6-3-4-8-16(14)20-19(27)21-17(24)12-23-10-5-7-15(9-11-23)22(2)13-18(25)26/h14-16H,3-13H2,1-2H3,(H,25,26)(H2,20,21,24,27). The molecule has 1 aliphatic heterocycles. The van der Waals surface area contributed by atoms with Crippen LogP contribution < -0.4 is 10.6 Å². The van der Waals surface area contributed by atoms with Crippen LogP contribution in [-0.2, 0) is 9.59 Å². The molecule has 3 amide bonds. The average Bonchev–Trinajstić information content (AvgIpc) is 2.82. The lowest BCUT2D eigenvalue weighted by Gasteiger charge is -2.29. The number of likely N-dealkylation sites (N-methyl/N-ethyl adjacent to an activating group) is 1. The smallest absolute Gasteiger partial charge is 0.321 e. The maximum atomic E-state index is 12.2. The van der Waals surface area contributed by atoms with Crippen LogP contribution in [0.15, 0.2) is 0 Å². The first-order valence-corrected chi connectivity index (χ1v) is 10.1. The minimum atomic E-state index is -0.823. The molecule has 0 aromatic rings. The molecule has 3 N–H and O–H groups in total. The number of carbonyl (C=O) groups is 3. The van der Waals surface area contributed by atoms with Crippen LogP contribution in [0.4, 0.5) is 4.79 Å². The molecule has 154 valence electrons. The summed E-state index contributed by atoms with van der Waals surface area (Å²) in [5.41, 5.74) is 0. The van der Waals surface area contributed by atoms with Crippen molar-refractivity contribution in [2.24, 2.45) is 5.92 Å². The molecule has 0 bridgehead atoms. The minimum absolute atomic E-state index is 0.0327. The molecule has 1 heterocycles. The Kier molecular flexibility index (Phi) is 8.50. The minimum Gasteiger partial charge on any atom is -0.480 e. The van der Waals surface area contributed by atoms with Crippen molar-refractivity contribution in [3.05, 3.63) is 0 Å². The van der Waals surface area contributed by atoms with Gasteiger partial charge >= 0.3 is 12.0 Å². The van der Waals surface area contributed by atoms with Crippen molar-refractivity contribution < 1.29 is 19.5 Å². The van der Waals surface area contributed by atoms with E-state index in [0.717, 1.165) is 51.6 Å². The Labute approximate surface area is 161 Å². The molecule has 0 radical (unpaired) electrons. The fourth-order valence-electron chi connectivity index (χ4n) is 4.18. The zero-order valence-corrected chi connectivity index (χ0v) is 16.6. The first-order valence-electron chi connectivity index (χ1n) is 10.1. The van der Waals surface area contributed by atoms with Gasteiger partial charge in [0.2, 0.25) is 5.91 Å². The number of likely N-dealkylation sites (tertiary alicyclic amines) is 1. The van der Waals surface area contributed by atoms with Crippen LogP contribution in [0.25, 0.3) is 0 Å². The van der Waals surface area contributed by atoms with Gasteiger partial charge in [-0.3, -0.25) is 24.7 Å². The fourth-order valence-corrected chi connectivity index (χ4v) is 4.18. The SMILES string of the molecule is CC1CCCCC1NC(=O)NC(=O)CN1CCCC(N(C)CC(=O)O)CC1. The molecule has 0 spiro atoms. The number of nitrogens with one attached hydrogen (secondary N) is 2. The van der Waals surface area contributed by atoms with Crippen LogP contribution in [-0.4, -0.2) is 78.1 Å². The van der Waals surface area contributed by atoms with Crippen LogP contribution in [0.5, 0.6) is 0 Å². The van der Waals surface area contributed by atoms with Gasteiger partial charge in [0.15, 0.2) is 0 Å². The summed E-state index contributed by atoms with van der Waals surface area (Å²) in [5, 5.41) is 14.3. The summed E-state index contributed by atoms with van der Waals surface area (Å²) in [7, 11) is 1.83. The molecule has 27 heavy (non-hydrogen) atoms. The summed E-state index contributed by atoms with van der Waals surface area (Å²) in [6.45, 7) is 3.88. The molecule has 1 saturated heterocycles. The average molecular weight is 383 g/mol. The van der Waals surface area contributed by atoms with Gasteiger partial charge in [-0.25, -0.2) is 4.79 Å². The number of aliphatic carboxylic acids is 1. The number of amides is 3. The number of carboxylic acids is 1. The summed E-state index contributed by atoms with van der Waals surface area (Å²) in [4.78, 5) is 39.1. The van der Waals surface area contributed by atoms with Crippen LogP contribution in [0.1, 0.15) is 51.9 Å². The first kappa shape index (κ1) is 21.6. The Hall–Kier alpha value is -1.67. The van der Waals surface area contributed by atoms with Gasteiger partial charge in [0.25, 0.3) is 0 Å². The number of imide groups is 1. The molecule has 2 aliphatic rings. The molecule has 0 aromatic heterocycles. The molecule has 0 aromatic carbocycles. The van der Waals surface area contributed by atoms with E-state index in [0.29, 0.717) is 5.92 Å². The van der Waals surface area contributed by atoms with Crippen molar-refractivity contribution in [3.63, 3.8) is 0 Å². The Bertz CT molecular complexity index is 528. The predicted octanol–water partition coefficient (Wildman–Crippen LogP) is 1.26. The number of carbonyl (C=O) groups excluding carboxylic acids is 2. The van der Waals surface area contributed by atoms with E-state index in [-0.39, 0.29) is 31.1 Å². The highest BCUT2D eigenvalue weighted by atomic mass is 16.4. The molecule has 1 saturated carbocycles. The van der Waals surface area contributed by atoms with Gasteiger partial charge in [-0.1, -0.05) is 19.8 Å². The second-order valence-corrected chi connectivity index (χ2v) is 8.06. The van der Waals surface area contributed by atoms with Gasteiger partial charge in [0.1, 0.15) is 0 Å². The Morgan fingerprint density at radius 1 is 1.07 bits per heavy atom. The molecule has 3 unspecified atom stereocenters. The van der Waals surface area contributed by atoms with E-state index < -0.39 is 12.0 Å². The van der Waals surface area contributed by atoms with E-state index in [9.17, 15) is 14.4 Å². The molecule has 2 fully saturated rings. The third-order valence-corrected chi connectivity index (χ3v) is 5.85. The highest BCUT2D eigenvalue weighted by molar-refractivity contribution is 5.95. The van der Waals surface area contributed by atoms with Gasteiger partial charge in [0.05, 0.1) is 13.1 Å². The van der Waals surface area contributed by atoms with E-state index in [2.05, 4.69) is 17.6 Å². The summed E-state index contributed by atoms with van der Waals surface area (Å²) in [6, 6.07) is -0.0341. The summed E-state index contributed by atoms with van der Waals surface area (Å²) in [5.74, 6) is -0.658. The number of urea groups is 1. The summed E-state index contributed by atoms with van der Waals surface area (Å²) >= 11 is 0. The summed E-state index contributed by atoms with van der Waals surface area (Å²) < 4.78 is 0. The number of nitrogens with zero attached hydrogens (tertiary/aromatic N) is 2. The summed E-state index contributed by atoms with van der Waals surface area (Å²) in [6.07, 6.45) is 7.06. The van der Waals surface area contributed by atoms with Crippen molar-refractivity contribution in [2.45, 2.75) is 64.0 Å². The molecular formula is C19H34N4O4. The zero-order chi connectivity index (χ0) is 19.8. The fraction of sp³-hybridized carbons (Fsp3) is 0.842. The maximum Gasteiger partial charge on any atom is 0.321 e. The van der Waals surface area contributed by atoms with Gasteiger partial charge < -0.3 is 10.4 Å². The third kappa shape index (κ3) is 7.46. The lowest BCUT2D eigenvalue weighted by molar-refractivity contribution is -0.138. The molecule has 3 atom stereocenters. The largest absolute Gasteiger partial charge is 0.480 e. The van der Waals surface area contributed by atoms with Crippen LogP contribution in [0, 0.1) is 5.92 Å². The lowest BCUT2D eigenvalue weighted by atomic mass is 9.86. The molecular weight excluding hydrogens is 348 g/mol. The van der Waals surface area contributed by atoms with E-state index in [1.54, 1.807) is 0 Å². The highest BCUT2D eigenvalue weighted by Gasteiger charge is 2.25. The molecule has 8 heteroatoms.